The predicted molar refractivity (Wildman–Crippen MR) is 46.2 cm³/mol. The molecule has 0 unspecified atom stereocenters. The first kappa shape index (κ1) is 10.1. The molecule has 4 heteroatoms. The van der Waals surface area contributed by atoms with Crippen molar-refractivity contribution in [3.8, 4) is 0 Å². The summed E-state index contributed by atoms with van der Waals surface area (Å²) in [6.07, 6.45) is 0. The topological polar surface area (TPSA) is 17.1 Å². The number of benzene rings is 1. The summed E-state index contributed by atoms with van der Waals surface area (Å²) in [4.78, 5) is 10.7. The molecule has 0 spiro atoms. The van der Waals surface area contributed by atoms with Crippen molar-refractivity contribution in [3.05, 3.63) is 34.9 Å². The first-order valence-electron chi connectivity index (χ1n) is 3.62. The minimum Gasteiger partial charge on any atom is -0.276 e. The molecule has 0 aliphatic carbocycles. The van der Waals surface area contributed by atoms with Crippen molar-refractivity contribution >= 4 is 16.8 Å². The highest BCUT2D eigenvalue weighted by Crippen LogP contribution is 2.16. The summed E-state index contributed by atoms with van der Waals surface area (Å²) in [5.74, 6) is 0. The van der Waals surface area contributed by atoms with E-state index < -0.39 is 18.6 Å². The van der Waals surface area contributed by atoms with Crippen LogP contribution in [0.4, 0.5) is 8.78 Å². The molecule has 0 fully saturated rings. The highest BCUT2D eigenvalue weighted by Gasteiger charge is 2.09. The number of halogens is 3. The molecule has 1 nitrogen and oxygen atoms in total. The summed E-state index contributed by atoms with van der Waals surface area (Å²) < 4.78 is 24.5. The standard InChI is InChI=1S/C9H7ClF2O/c10-9(13)8-2-1-6(4-11)3-7(8)5-12/h1-3H,4-5H2. The zero-order valence-corrected chi connectivity index (χ0v) is 7.44. The van der Waals surface area contributed by atoms with Crippen LogP contribution in [0.2, 0.25) is 0 Å². The van der Waals surface area contributed by atoms with Crippen LogP contribution in [0.5, 0.6) is 0 Å². The molecule has 13 heavy (non-hydrogen) atoms. The van der Waals surface area contributed by atoms with Gasteiger partial charge in [0.2, 0.25) is 0 Å². The van der Waals surface area contributed by atoms with Gasteiger partial charge in [0.1, 0.15) is 13.3 Å². The fourth-order valence-electron chi connectivity index (χ4n) is 1.03. The predicted octanol–water partition coefficient (Wildman–Crippen LogP) is 3.00. The summed E-state index contributed by atoms with van der Waals surface area (Å²) in [6.45, 7) is -1.49. The van der Waals surface area contributed by atoms with Crippen molar-refractivity contribution in [2.75, 3.05) is 0 Å². The molecule has 1 aromatic rings. The Balaban J connectivity index is 3.15. The van der Waals surface area contributed by atoms with Gasteiger partial charge in [0, 0.05) is 5.56 Å². The van der Waals surface area contributed by atoms with Crippen LogP contribution in [-0.2, 0) is 13.3 Å². The van der Waals surface area contributed by atoms with Crippen molar-refractivity contribution in [1.29, 1.82) is 0 Å². The number of carbonyl (C=O) groups is 1. The monoisotopic (exact) mass is 204 g/mol. The third kappa shape index (κ3) is 2.25. The molecular formula is C9H7ClF2O. The van der Waals surface area contributed by atoms with Crippen LogP contribution in [0.3, 0.4) is 0 Å². The van der Waals surface area contributed by atoms with Crippen molar-refractivity contribution < 1.29 is 13.6 Å². The molecule has 1 aromatic carbocycles. The third-order valence-electron chi connectivity index (χ3n) is 1.68. The van der Waals surface area contributed by atoms with E-state index in [2.05, 4.69) is 0 Å². The van der Waals surface area contributed by atoms with Crippen LogP contribution in [0.15, 0.2) is 18.2 Å². The summed E-state index contributed by atoms with van der Waals surface area (Å²) >= 11 is 5.18. The molecule has 0 aliphatic rings. The Morgan fingerprint density at radius 3 is 2.46 bits per heavy atom. The van der Waals surface area contributed by atoms with E-state index in [0.717, 1.165) is 0 Å². The lowest BCUT2D eigenvalue weighted by atomic mass is 10.1. The molecule has 1 rings (SSSR count). The normalized spacial score (nSPS) is 10.1. The Bertz CT molecular complexity index is 325. The van der Waals surface area contributed by atoms with E-state index in [1.807, 2.05) is 0 Å². The number of alkyl halides is 2. The second kappa shape index (κ2) is 4.33. The van der Waals surface area contributed by atoms with Crippen molar-refractivity contribution in [3.63, 3.8) is 0 Å². The molecule has 0 saturated carbocycles. The maximum atomic E-state index is 12.3. The van der Waals surface area contributed by atoms with E-state index in [1.165, 1.54) is 18.2 Å². The van der Waals surface area contributed by atoms with Crippen molar-refractivity contribution in [1.82, 2.24) is 0 Å². The molecule has 70 valence electrons. The molecule has 0 aromatic heterocycles. The Hall–Kier alpha value is -0.960. The number of hydrogen-bond donors (Lipinski definition) is 0. The Labute approximate surface area is 79.3 Å². The van der Waals surface area contributed by atoms with Crippen LogP contribution >= 0.6 is 11.6 Å². The lowest BCUT2D eigenvalue weighted by Crippen LogP contribution is -1.97. The fourth-order valence-corrected chi connectivity index (χ4v) is 1.22. The molecule has 0 amide bonds. The van der Waals surface area contributed by atoms with Gasteiger partial charge in [-0.3, -0.25) is 4.79 Å². The highest BCUT2D eigenvalue weighted by molar-refractivity contribution is 6.67. The van der Waals surface area contributed by atoms with E-state index in [0.29, 0.717) is 5.56 Å². The lowest BCUT2D eigenvalue weighted by molar-refractivity contribution is 0.108. The van der Waals surface area contributed by atoms with Gasteiger partial charge in [-0.1, -0.05) is 6.07 Å². The lowest BCUT2D eigenvalue weighted by Gasteiger charge is -2.03. The van der Waals surface area contributed by atoms with Gasteiger partial charge in [-0.25, -0.2) is 8.78 Å². The van der Waals surface area contributed by atoms with Gasteiger partial charge in [-0.05, 0) is 34.9 Å². The molecular weight excluding hydrogens is 198 g/mol. The SMILES string of the molecule is O=C(Cl)c1ccc(CF)cc1CF. The molecule has 0 aliphatic heterocycles. The highest BCUT2D eigenvalue weighted by atomic mass is 35.5. The second-order valence-electron chi connectivity index (χ2n) is 2.53. The molecule has 0 bridgehead atoms. The summed E-state index contributed by atoms with van der Waals surface area (Å²) in [6, 6.07) is 4.05. The van der Waals surface area contributed by atoms with Gasteiger partial charge in [0.05, 0.1) is 0 Å². The van der Waals surface area contributed by atoms with Gasteiger partial charge in [-0.15, -0.1) is 0 Å². The first-order chi connectivity index (χ1) is 6.19. The molecule has 0 atom stereocenters. The van der Waals surface area contributed by atoms with Crippen LogP contribution in [0.25, 0.3) is 0 Å². The average Bonchev–Trinajstić information content (AvgIpc) is 2.16. The number of hydrogen-bond acceptors (Lipinski definition) is 1. The Morgan fingerprint density at radius 2 is 2.00 bits per heavy atom. The zero-order chi connectivity index (χ0) is 9.84. The minimum absolute atomic E-state index is 0.0985. The molecule has 0 heterocycles. The van der Waals surface area contributed by atoms with E-state index in [1.54, 1.807) is 0 Å². The Kier molecular flexibility index (Phi) is 3.37. The summed E-state index contributed by atoms with van der Waals surface area (Å²) in [5, 5.41) is -0.724. The van der Waals surface area contributed by atoms with E-state index >= 15 is 0 Å². The number of carbonyl (C=O) groups excluding carboxylic acids is 1. The minimum atomic E-state index is -0.818. The maximum absolute atomic E-state index is 12.3. The van der Waals surface area contributed by atoms with Crippen molar-refractivity contribution in [2.45, 2.75) is 13.3 Å². The second-order valence-corrected chi connectivity index (χ2v) is 2.88. The van der Waals surface area contributed by atoms with Gasteiger partial charge in [0.25, 0.3) is 5.24 Å². The van der Waals surface area contributed by atoms with Gasteiger partial charge < -0.3 is 0 Å². The molecule has 0 N–H and O–H groups in total. The van der Waals surface area contributed by atoms with Crippen LogP contribution in [0, 0.1) is 0 Å². The van der Waals surface area contributed by atoms with E-state index in [9.17, 15) is 13.6 Å². The third-order valence-corrected chi connectivity index (χ3v) is 1.88. The quantitative estimate of drug-likeness (QED) is 0.692. The smallest absolute Gasteiger partial charge is 0.252 e. The van der Waals surface area contributed by atoms with Gasteiger partial charge >= 0.3 is 0 Å². The van der Waals surface area contributed by atoms with Crippen LogP contribution in [0.1, 0.15) is 21.5 Å². The maximum Gasteiger partial charge on any atom is 0.252 e. The molecule has 0 radical (unpaired) electrons. The van der Waals surface area contributed by atoms with Crippen LogP contribution in [-0.4, -0.2) is 5.24 Å². The largest absolute Gasteiger partial charge is 0.276 e. The van der Waals surface area contributed by atoms with E-state index in [4.69, 9.17) is 11.6 Å². The summed E-state index contributed by atoms with van der Waals surface area (Å²) in [7, 11) is 0. The van der Waals surface area contributed by atoms with Gasteiger partial charge in [-0.2, -0.15) is 0 Å². The zero-order valence-electron chi connectivity index (χ0n) is 6.69. The molecule has 0 saturated heterocycles. The summed E-state index contributed by atoms with van der Waals surface area (Å²) in [5.41, 5.74) is 0.575. The fraction of sp³-hybridized carbons (Fsp3) is 0.222. The Morgan fingerprint density at radius 1 is 1.31 bits per heavy atom. The first-order valence-corrected chi connectivity index (χ1v) is 4.00. The van der Waals surface area contributed by atoms with Crippen LogP contribution < -0.4 is 0 Å². The average molecular weight is 205 g/mol. The van der Waals surface area contributed by atoms with Crippen molar-refractivity contribution in [2.24, 2.45) is 0 Å². The van der Waals surface area contributed by atoms with E-state index in [-0.39, 0.29) is 11.1 Å². The van der Waals surface area contributed by atoms with Gasteiger partial charge in [0.15, 0.2) is 0 Å². The number of rotatable bonds is 3.